The summed E-state index contributed by atoms with van der Waals surface area (Å²) < 4.78 is 39.2. The highest BCUT2D eigenvalue weighted by Crippen LogP contribution is 2.23. The van der Waals surface area contributed by atoms with E-state index < -0.39 is 29.1 Å². The van der Waals surface area contributed by atoms with Gasteiger partial charge in [0.2, 0.25) is 0 Å². The Kier molecular flexibility index (Phi) is 3.37. The summed E-state index contributed by atoms with van der Waals surface area (Å²) in [7, 11) is 0. The van der Waals surface area contributed by atoms with Crippen LogP contribution in [0.15, 0.2) is 30.5 Å². The molecule has 4 nitrogen and oxygen atoms in total. The summed E-state index contributed by atoms with van der Waals surface area (Å²) in [5, 5.41) is 11.2. The van der Waals surface area contributed by atoms with Gasteiger partial charge in [0.25, 0.3) is 0 Å². The molecule has 19 heavy (non-hydrogen) atoms. The number of anilines is 2. The zero-order valence-electron chi connectivity index (χ0n) is 9.32. The van der Waals surface area contributed by atoms with Gasteiger partial charge in [-0.3, -0.25) is 0 Å². The van der Waals surface area contributed by atoms with Crippen molar-refractivity contribution in [3.8, 4) is 0 Å². The zero-order valence-corrected chi connectivity index (χ0v) is 9.32. The number of hydrogen-bond acceptors (Lipinski definition) is 3. The van der Waals surface area contributed by atoms with Crippen molar-refractivity contribution < 1.29 is 23.1 Å². The van der Waals surface area contributed by atoms with E-state index in [9.17, 15) is 18.0 Å². The number of rotatable bonds is 3. The van der Waals surface area contributed by atoms with E-state index in [1.54, 1.807) is 0 Å². The SMILES string of the molecule is O=C(O)c1cccnc1Nc1cc(F)c(F)cc1F. The van der Waals surface area contributed by atoms with Gasteiger partial charge < -0.3 is 10.4 Å². The molecule has 0 saturated carbocycles. The van der Waals surface area contributed by atoms with Crippen molar-refractivity contribution in [2.75, 3.05) is 5.32 Å². The molecule has 0 aliphatic carbocycles. The van der Waals surface area contributed by atoms with E-state index in [1.807, 2.05) is 0 Å². The van der Waals surface area contributed by atoms with Crippen LogP contribution in [-0.2, 0) is 0 Å². The Balaban J connectivity index is 2.42. The molecule has 0 fully saturated rings. The van der Waals surface area contributed by atoms with E-state index in [1.165, 1.54) is 18.3 Å². The highest BCUT2D eigenvalue weighted by molar-refractivity contribution is 5.93. The number of aromatic carboxylic acids is 1. The molecule has 0 saturated heterocycles. The number of nitrogens with zero attached hydrogens (tertiary/aromatic N) is 1. The van der Waals surface area contributed by atoms with Crippen LogP contribution in [0.1, 0.15) is 10.4 Å². The van der Waals surface area contributed by atoms with E-state index in [4.69, 9.17) is 5.11 Å². The molecule has 0 aliphatic heterocycles. The molecule has 0 spiro atoms. The maximum Gasteiger partial charge on any atom is 0.339 e. The first-order valence-electron chi connectivity index (χ1n) is 5.09. The number of carbonyl (C=O) groups is 1. The minimum Gasteiger partial charge on any atom is -0.478 e. The Morgan fingerprint density at radius 3 is 2.53 bits per heavy atom. The number of halogens is 3. The fourth-order valence-corrected chi connectivity index (χ4v) is 1.42. The summed E-state index contributed by atoms with van der Waals surface area (Å²) in [6.07, 6.45) is 1.28. The first-order valence-corrected chi connectivity index (χ1v) is 5.09. The molecule has 0 unspecified atom stereocenters. The Hall–Kier alpha value is -2.57. The van der Waals surface area contributed by atoms with E-state index in [-0.39, 0.29) is 11.4 Å². The van der Waals surface area contributed by atoms with Gasteiger partial charge in [0, 0.05) is 18.3 Å². The molecule has 1 aromatic carbocycles. The summed E-state index contributed by atoms with van der Waals surface area (Å²) in [5.41, 5.74) is -0.619. The summed E-state index contributed by atoms with van der Waals surface area (Å²) in [5.74, 6) is -5.08. The highest BCUT2D eigenvalue weighted by Gasteiger charge is 2.14. The maximum absolute atomic E-state index is 13.4. The second-order valence-corrected chi connectivity index (χ2v) is 3.58. The molecule has 0 bridgehead atoms. The van der Waals surface area contributed by atoms with Crippen molar-refractivity contribution in [1.82, 2.24) is 4.98 Å². The molecular weight excluding hydrogens is 261 g/mol. The van der Waals surface area contributed by atoms with Crippen molar-refractivity contribution in [2.24, 2.45) is 0 Å². The second kappa shape index (κ2) is 4.97. The number of aromatic nitrogens is 1. The number of nitrogens with one attached hydrogen (secondary N) is 1. The van der Waals surface area contributed by atoms with Crippen molar-refractivity contribution >= 4 is 17.5 Å². The molecule has 98 valence electrons. The van der Waals surface area contributed by atoms with Crippen LogP contribution in [0.4, 0.5) is 24.7 Å². The summed E-state index contributed by atoms with van der Waals surface area (Å²) in [6, 6.07) is 3.58. The summed E-state index contributed by atoms with van der Waals surface area (Å²) in [6.45, 7) is 0. The molecular formula is C12H7F3N2O2. The van der Waals surface area contributed by atoms with E-state index in [0.29, 0.717) is 12.1 Å². The van der Waals surface area contributed by atoms with Gasteiger partial charge in [-0.2, -0.15) is 0 Å². The largest absolute Gasteiger partial charge is 0.478 e. The predicted molar refractivity (Wildman–Crippen MR) is 60.8 cm³/mol. The lowest BCUT2D eigenvalue weighted by Gasteiger charge is -2.09. The van der Waals surface area contributed by atoms with Crippen molar-refractivity contribution in [3.63, 3.8) is 0 Å². The van der Waals surface area contributed by atoms with E-state index >= 15 is 0 Å². The lowest BCUT2D eigenvalue weighted by atomic mass is 10.2. The molecule has 0 aliphatic rings. The van der Waals surface area contributed by atoms with Crippen LogP contribution in [0.2, 0.25) is 0 Å². The minimum absolute atomic E-state index is 0.167. The zero-order chi connectivity index (χ0) is 14.0. The van der Waals surface area contributed by atoms with Crippen LogP contribution in [0.5, 0.6) is 0 Å². The van der Waals surface area contributed by atoms with Crippen LogP contribution in [-0.4, -0.2) is 16.1 Å². The van der Waals surface area contributed by atoms with Gasteiger partial charge in [-0.05, 0) is 12.1 Å². The summed E-state index contributed by atoms with van der Waals surface area (Å²) >= 11 is 0. The molecule has 0 amide bonds. The third kappa shape index (κ3) is 2.65. The van der Waals surface area contributed by atoms with Crippen molar-refractivity contribution in [2.45, 2.75) is 0 Å². The van der Waals surface area contributed by atoms with Crippen molar-refractivity contribution in [1.29, 1.82) is 0 Å². The number of carboxylic acids is 1. The van der Waals surface area contributed by atoms with Crippen LogP contribution in [0, 0.1) is 17.5 Å². The number of carboxylic acid groups (broad SMARTS) is 1. The fourth-order valence-electron chi connectivity index (χ4n) is 1.42. The Labute approximate surface area is 105 Å². The predicted octanol–water partition coefficient (Wildman–Crippen LogP) is 2.94. The Morgan fingerprint density at radius 1 is 1.16 bits per heavy atom. The molecule has 2 N–H and O–H groups in total. The van der Waals surface area contributed by atoms with Crippen LogP contribution in [0.25, 0.3) is 0 Å². The Morgan fingerprint density at radius 2 is 1.84 bits per heavy atom. The molecule has 1 aromatic heterocycles. The van der Waals surface area contributed by atoms with Crippen molar-refractivity contribution in [3.05, 3.63) is 53.5 Å². The normalized spacial score (nSPS) is 10.3. The van der Waals surface area contributed by atoms with Gasteiger partial charge in [-0.1, -0.05) is 0 Å². The van der Waals surface area contributed by atoms with Gasteiger partial charge >= 0.3 is 5.97 Å². The lowest BCUT2D eigenvalue weighted by Crippen LogP contribution is -2.06. The number of pyridine rings is 1. The van der Waals surface area contributed by atoms with E-state index in [2.05, 4.69) is 10.3 Å². The molecule has 2 rings (SSSR count). The Bertz CT molecular complexity index is 647. The van der Waals surface area contributed by atoms with Gasteiger partial charge in [0.15, 0.2) is 11.6 Å². The average Bonchev–Trinajstić information content (AvgIpc) is 2.36. The van der Waals surface area contributed by atoms with Gasteiger partial charge in [-0.25, -0.2) is 22.9 Å². The average molecular weight is 268 g/mol. The van der Waals surface area contributed by atoms with E-state index in [0.717, 1.165) is 0 Å². The standard InChI is InChI=1S/C12H7F3N2O2/c13-7-4-9(15)10(5-8(7)14)17-11-6(12(18)19)2-1-3-16-11/h1-5H,(H,16,17)(H,18,19). The van der Waals surface area contributed by atoms with Gasteiger partial charge in [0.05, 0.1) is 5.69 Å². The van der Waals surface area contributed by atoms with Crippen LogP contribution in [0.3, 0.4) is 0 Å². The highest BCUT2D eigenvalue weighted by atomic mass is 19.2. The molecule has 0 radical (unpaired) electrons. The third-order valence-corrected chi connectivity index (χ3v) is 2.30. The lowest BCUT2D eigenvalue weighted by molar-refractivity contribution is 0.0697. The topological polar surface area (TPSA) is 62.2 Å². The molecule has 7 heteroatoms. The summed E-state index contributed by atoms with van der Waals surface area (Å²) in [4.78, 5) is 14.6. The monoisotopic (exact) mass is 268 g/mol. The second-order valence-electron chi connectivity index (χ2n) is 3.58. The maximum atomic E-state index is 13.4. The van der Waals surface area contributed by atoms with Gasteiger partial charge in [0.1, 0.15) is 17.2 Å². The third-order valence-electron chi connectivity index (χ3n) is 2.30. The molecule has 0 atom stereocenters. The quantitative estimate of drug-likeness (QED) is 0.840. The smallest absolute Gasteiger partial charge is 0.339 e. The molecule has 2 aromatic rings. The van der Waals surface area contributed by atoms with Crippen LogP contribution >= 0.6 is 0 Å². The van der Waals surface area contributed by atoms with Gasteiger partial charge in [-0.15, -0.1) is 0 Å². The molecule has 1 heterocycles. The first kappa shape index (κ1) is 12.9. The first-order chi connectivity index (χ1) is 8.99. The minimum atomic E-state index is -1.33. The number of benzene rings is 1. The van der Waals surface area contributed by atoms with Crippen LogP contribution < -0.4 is 5.32 Å². The number of hydrogen-bond donors (Lipinski definition) is 2. The fraction of sp³-hybridized carbons (Fsp3) is 0.